The molecule has 0 spiro atoms. The summed E-state index contributed by atoms with van der Waals surface area (Å²) in [6.07, 6.45) is 8.17. The maximum atomic E-state index is 6.20. The van der Waals surface area contributed by atoms with E-state index in [-0.39, 0.29) is 0 Å². The van der Waals surface area contributed by atoms with Crippen molar-refractivity contribution in [2.75, 3.05) is 13.1 Å². The molecule has 1 aliphatic carbocycles. The molecule has 1 heterocycles. The summed E-state index contributed by atoms with van der Waals surface area (Å²) in [5.41, 5.74) is 6.52. The Labute approximate surface area is 107 Å². The van der Waals surface area contributed by atoms with Gasteiger partial charge in [-0.25, -0.2) is 0 Å². The van der Waals surface area contributed by atoms with Crippen LogP contribution in [0.15, 0.2) is 0 Å². The molecule has 2 nitrogen and oxygen atoms in total. The van der Waals surface area contributed by atoms with Crippen molar-refractivity contribution >= 4 is 0 Å². The van der Waals surface area contributed by atoms with Gasteiger partial charge in [0, 0.05) is 24.7 Å². The first-order chi connectivity index (χ1) is 8.07. The highest BCUT2D eigenvalue weighted by atomic mass is 15.2. The minimum atomic E-state index is 0.325. The van der Waals surface area contributed by atoms with E-state index in [9.17, 15) is 0 Å². The molecule has 4 unspecified atom stereocenters. The number of likely N-dealkylation sites (tertiary alicyclic amines) is 1. The highest BCUT2D eigenvalue weighted by molar-refractivity contribution is 4.99. The van der Waals surface area contributed by atoms with Crippen molar-refractivity contribution in [3.8, 4) is 0 Å². The molecule has 0 radical (unpaired) electrons. The first-order valence-electron chi connectivity index (χ1n) is 7.54. The van der Waals surface area contributed by atoms with E-state index in [1.54, 1.807) is 0 Å². The van der Waals surface area contributed by atoms with Gasteiger partial charge < -0.3 is 5.73 Å². The average Bonchev–Trinajstić information content (AvgIpc) is 2.32. The summed E-state index contributed by atoms with van der Waals surface area (Å²) in [5.74, 6) is 1.71. The lowest BCUT2D eigenvalue weighted by Crippen LogP contribution is -2.61. The molecule has 1 saturated carbocycles. The van der Waals surface area contributed by atoms with Gasteiger partial charge in [-0.1, -0.05) is 26.7 Å². The van der Waals surface area contributed by atoms with E-state index in [0.717, 1.165) is 24.4 Å². The number of nitrogens with two attached hydrogens (primary N) is 1. The number of hydrogen-bond donors (Lipinski definition) is 1. The topological polar surface area (TPSA) is 29.3 Å². The zero-order valence-electron chi connectivity index (χ0n) is 11.9. The summed E-state index contributed by atoms with van der Waals surface area (Å²) >= 11 is 0. The minimum Gasteiger partial charge on any atom is -0.329 e. The molecule has 0 aromatic heterocycles. The van der Waals surface area contributed by atoms with Gasteiger partial charge in [0.25, 0.3) is 0 Å². The van der Waals surface area contributed by atoms with Crippen molar-refractivity contribution in [1.29, 1.82) is 0 Å². The highest BCUT2D eigenvalue weighted by Gasteiger charge is 2.42. The van der Waals surface area contributed by atoms with Crippen LogP contribution in [0.2, 0.25) is 0 Å². The number of rotatable bonds is 2. The van der Waals surface area contributed by atoms with Crippen LogP contribution >= 0.6 is 0 Å². The van der Waals surface area contributed by atoms with E-state index in [4.69, 9.17) is 5.73 Å². The minimum absolute atomic E-state index is 0.325. The van der Waals surface area contributed by atoms with E-state index in [0.29, 0.717) is 5.54 Å². The van der Waals surface area contributed by atoms with Crippen molar-refractivity contribution in [3.63, 3.8) is 0 Å². The van der Waals surface area contributed by atoms with E-state index in [2.05, 4.69) is 25.7 Å². The van der Waals surface area contributed by atoms with Crippen molar-refractivity contribution < 1.29 is 0 Å². The first-order valence-corrected chi connectivity index (χ1v) is 7.54. The van der Waals surface area contributed by atoms with Gasteiger partial charge in [0.2, 0.25) is 0 Å². The van der Waals surface area contributed by atoms with Crippen LogP contribution in [0.4, 0.5) is 0 Å². The second kappa shape index (κ2) is 5.27. The fourth-order valence-corrected chi connectivity index (χ4v) is 4.15. The molecule has 2 heteroatoms. The SMILES string of the molecule is CC1CCC(C)N(C2(CN)CCCC(C)C2)C1. The molecule has 0 aromatic carbocycles. The summed E-state index contributed by atoms with van der Waals surface area (Å²) in [7, 11) is 0. The Bertz CT molecular complexity index is 253. The monoisotopic (exact) mass is 238 g/mol. The smallest absolute Gasteiger partial charge is 0.0337 e. The quantitative estimate of drug-likeness (QED) is 0.801. The third-order valence-electron chi connectivity index (χ3n) is 5.17. The molecule has 100 valence electrons. The standard InChI is InChI=1S/C15H30N2/c1-12-5-4-8-15(9-12,11-16)17-10-13(2)6-7-14(17)3/h12-14H,4-11,16H2,1-3H3. The van der Waals surface area contributed by atoms with E-state index >= 15 is 0 Å². The molecule has 0 aromatic rings. The van der Waals surface area contributed by atoms with E-state index in [1.807, 2.05) is 0 Å². The molecule has 2 N–H and O–H groups in total. The summed E-state index contributed by atoms with van der Waals surface area (Å²) in [6, 6.07) is 0.736. The van der Waals surface area contributed by atoms with Crippen LogP contribution in [0.5, 0.6) is 0 Å². The van der Waals surface area contributed by atoms with Crippen LogP contribution in [0.25, 0.3) is 0 Å². The summed E-state index contributed by atoms with van der Waals surface area (Å²) < 4.78 is 0. The molecule has 2 aliphatic rings. The Morgan fingerprint density at radius 2 is 1.88 bits per heavy atom. The van der Waals surface area contributed by atoms with Crippen LogP contribution in [-0.2, 0) is 0 Å². The lowest BCUT2D eigenvalue weighted by Gasteiger charge is -2.53. The van der Waals surface area contributed by atoms with Gasteiger partial charge in [0.1, 0.15) is 0 Å². The number of piperidine rings is 1. The third kappa shape index (κ3) is 2.68. The lowest BCUT2D eigenvalue weighted by molar-refractivity contribution is -0.0231. The molecule has 0 bridgehead atoms. The van der Waals surface area contributed by atoms with E-state index < -0.39 is 0 Å². The Morgan fingerprint density at radius 3 is 2.53 bits per heavy atom. The largest absolute Gasteiger partial charge is 0.329 e. The molecular formula is C15H30N2. The zero-order valence-corrected chi connectivity index (χ0v) is 11.9. The summed E-state index contributed by atoms with van der Waals surface area (Å²) in [5, 5.41) is 0. The van der Waals surface area contributed by atoms with Gasteiger partial charge >= 0.3 is 0 Å². The molecule has 2 rings (SSSR count). The Kier molecular flexibility index (Phi) is 4.14. The second-order valence-electron chi connectivity index (χ2n) is 6.81. The van der Waals surface area contributed by atoms with Gasteiger partial charge in [0.05, 0.1) is 0 Å². The lowest BCUT2D eigenvalue weighted by atomic mass is 9.73. The predicted octanol–water partition coefficient (Wildman–Crippen LogP) is 3.01. The van der Waals surface area contributed by atoms with Gasteiger partial charge in [-0.3, -0.25) is 4.90 Å². The fourth-order valence-electron chi connectivity index (χ4n) is 4.15. The Balaban J connectivity index is 2.14. The van der Waals surface area contributed by atoms with Gasteiger partial charge in [0.15, 0.2) is 0 Å². The fraction of sp³-hybridized carbons (Fsp3) is 1.00. The summed E-state index contributed by atoms with van der Waals surface area (Å²) in [6.45, 7) is 9.33. The molecule has 2 fully saturated rings. The highest BCUT2D eigenvalue weighted by Crippen LogP contribution is 2.40. The first kappa shape index (κ1) is 13.4. The van der Waals surface area contributed by atoms with Crippen molar-refractivity contribution in [2.24, 2.45) is 17.6 Å². The number of hydrogen-bond acceptors (Lipinski definition) is 2. The third-order valence-corrected chi connectivity index (χ3v) is 5.17. The predicted molar refractivity (Wildman–Crippen MR) is 74.0 cm³/mol. The Hall–Kier alpha value is -0.0800. The van der Waals surface area contributed by atoms with Crippen LogP contribution < -0.4 is 5.73 Å². The Morgan fingerprint density at radius 1 is 1.12 bits per heavy atom. The van der Waals surface area contributed by atoms with Gasteiger partial charge in [-0.2, -0.15) is 0 Å². The van der Waals surface area contributed by atoms with E-state index in [1.165, 1.54) is 45.1 Å². The summed E-state index contributed by atoms with van der Waals surface area (Å²) in [4.78, 5) is 2.77. The van der Waals surface area contributed by atoms with Crippen LogP contribution in [0.3, 0.4) is 0 Å². The second-order valence-corrected chi connectivity index (χ2v) is 6.81. The maximum Gasteiger partial charge on any atom is 0.0337 e. The van der Waals surface area contributed by atoms with Gasteiger partial charge in [-0.15, -0.1) is 0 Å². The van der Waals surface area contributed by atoms with Crippen LogP contribution in [-0.4, -0.2) is 29.6 Å². The van der Waals surface area contributed by atoms with Crippen molar-refractivity contribution in [2.45, 2.75) is 70.9 Å². The number of nitrogens with zero attached hydrogens (tertiary/aromatic N) is 1. The van der Waals surface area contributed by atoms with Gasteiger partial charge in [-0.05, 0) is 44.4 Å². The molecule has 1 aliphatic heterocycles. The van der Waals surface area contributed by atoms with Crippen LogP contribution in [0.1, 0.15) is 59.3 Å². The average molecular weight is 238 g/mol. The van der Waals surface area contributed by atoms with Crippen molar-refractivity contribution in [1.82, 2.24) is 4.90 Å². The molecular weight excluding hydrogens is 208 g/mol. The molecule has 17 heavy (non-hydrogen) atoms. The normalized spacial score (nSPS) is 44.8. The molecule has 1 saturated heterocycles. The molecule has 4 atom stereocenters. The van der Waals surface area contributed by atoms with Crippen LogP contribution in [0, 0.1) is 11.8 Å². The molecule has 0 amide bonds. The maximum absolute atomic E-state index is 6.20. The zero-order chi connectivity index (χ0) is 12.5. The van der Waals surface area contributed by atoms with Crippen molar-refractivity contribution in [3.05, 3.63) is 0 Å².